The van der Waals surface area contributed by atoms with Crippen molar-refractivity contribution in [1.29, 1.82) is 0 Å². The van der Waals surface area contributed by atoms with Crippen molar-refractivity contribution < 1.29 is 29.0 Å². The van der Waals surface area contributed by atoms with E-state index >= 15 is 0 Å². The van der Waals surface area contributed by atoms with Gasteiger partial charge in [0.25, 0.3) is 0 Å². The molecule has 2 fully saturated rings. The van der Waals surface area contributed by atoms with Gasteiger partial charge in [-0.25, -0.2) is 9.59 Å². The van der Waals surface area contributed by atoms with Crippen molar-refractivity contribution >= 4 is 23.9 Å². The molecule has 0 aromatic heterocycles. The number of amides is 3. The average molecular weight is 355 g/mol. The Morgan fingerprint density at radius 2 is 1.72 bits per heavy atom. The Balaban J connectivity index is 2.03. The Labute approximate surface area is 146 Å². The van der Waals surface area contributed by atoms with Crippen LogP contribution in [0.1, 0.15) is 39.5 Å². The van der Waals surface area contributed by atoms with Crippen molar-refractivity contribution in [3.63, 3.8) is 0 Å². The quantitative estimate of drug-likeness (QED) is 0.727. The smallest absolute Gasteiger partial charge is 0.407 e. The van der Waals surface area contributed by atoms with Gasteiger partial charge in [0.2, 0.25) is 11.8 Å². The second-order valence-electron chi connectivity index (χ2n) is 6.30. The van der Waals surface area contributed by atoms with Crippen molar-refractivity contribution in [2.24, 2.45) is 0 Å². The number of aliphatic carboxylic acids is 1. The highest BCUT2D eigenvalue weighted by Crippen LogP contribution is 2.25. The highest BCUT2D eigenvalue weighted by molar-refractivity contribution is 5.93. The topological polar surface area (TPSA) is 116 Å². The summed E-state index contributed by atoms with van der Waals surface area (Å²) in [5.74, 6) is -1.70. The van der Waals surface area contributed by atoms with Crippen molar-refractivity contribution in [3.8, 4) is 0 Å². The lowest BCUT2D eigenvalue weighted by Crippen LogP contribution is -2.54. The van der Waals surface area contributed by atoms with Crippen LogP contribution in [-0.4, -0.2) is 76.6 Å². The first-order valence-corrected chi connectivity index (χ1v) is 8.63. The maximum Gasteiger partial charge on any atom is 0.407 e. The highest BCUT2D eigenvalue weighted by atomic mass is 16.5. The summed E-state index contributed by atoms with van der Waals surface area (Å²) in [5, 5.41) is 11.7. The Morgan fingerprint density at radius 1 is 1.12 bits per heavy atom. The molecule has 2 aliphatic heterocycles. The molecule has 9 heteroatoms. The number of hydrogen-bond acceptors (Lipinski definition) is 5. The maximum atomic E-state index is 12.8. The average Bonchev–Trinajstić information content (AvgIpc) is 3.22. The molecular formula is C16H25N3O6. The number of carboxylic acids is 1. The molecule has 0 bridgehead atoms. The summed E-state index contributed by atoms with van der Waals surface area (Å²) < 4.78 is 4.76. The summed E-state index contributed by atoms with van der Waals surface area (Å²) in [7, 11) is 0. The number of carbonyl (C=O) groups excluding carboxylic acids is 3. The van der Waals surface area contributed by atoms with E-state index in [9.17, 15) is 24.3 Å². The third-order valence-electron chi connectivity index (χ3n) is 4.62. The van der Waals surface area contributed by atoms with Gasteiger partial charge < -0.3 is 25.0 Å². The summed E-state index contributed by atoms with van der Waals surface area (Å²) in [6, 6.07) is -2.31. The minimum Gasteiger partial charge on any atom is -0.480 e. The summed E-state index contributed by atoms with van der Waals surface area (Å²) in [4.78, 5) is 51.0. The Hall–Kier alpha value is -2.32. The number of carbonyl (C=O) groups is 4. The van der Waals surface area contributed by atoms with Crippen LogP contribution in [0.3, 0.4) is 0 Å². The van der Waals surface area contributed by atoms with E-state index in [1.54, 1.807) is 6.92 Å². The molecule has 0 unspecified atom stereocenters. The third-order valence-corrected chi connectivity index (χ3v) is 4.62. The number of likely N-dealkylation sites (tertiary alicyclic amines) is 2. The summed E-state index contributed by atoms with van der Waals surface area (Å²) in [6.07, 6.45) is 1.56. The molecule has 3 atom stereocenters. The third kappa shape index (κ3) is 4.21. The van der Waals surface area contributed by atoms with Crippen LogP contribution in [0.25, 0.3) is 0 Å². The molecule has 3 amide bonds. The van der Waals surface area contributed by atoms with Gasteiger partial charge in [-0.05, 0) is 39.5 Å². The molecule has 2 saturated heterocycles. The van der Waals surface area contributed by atoms with E-state index in [0.717, 1.165) is 0 Å². The van der Waals surface area contributed by atoms with Crippen LogP contribution in [0.15, 0.2) is 0 Å². The standard InChI is InChI=1S/C16H25N3O6/c1-3-25-16(24)17-10(2)13(20)18-8-4-6-11(18)14(21)19-9-5-7-12(19)15(22)23/h10-12H,3-9H2,1-2H3,(H,17,24)(H,22,23)/t10-,11-,12-/m0/s1. The molecule has 0 saturated carbocycles. The first-order valence-electron chi connectivity index (χ1n) is 8.63. The zero-order valence-corrected chi connectivity index (χ0v) is 14.6. The van der Waals surface area contributed by atoms with E-state index in [0.29, 0.717) is 38.8 Å². The van der Waals surface area contributed by atoms with Crippen LogP contribution < -0.4 is 5.32 Å². The minimum absolute atomic E-state index is 0.198. The van der Waals surface area contributed by atoms with E-state index in [1.165, 1.54) is 16.7 Å². The van der Waals surface area contributed by atoms with Crippen LogP contribution in [0, 0.1) is 0 Å². The predicted molar refractivity (Wildman–Crippen MR) is 86.7 cm³/mol. The molecule has 2 N–H and O–H groups in total. The summed E-state index contributed by atoms with van der Waals surface area (Å²) in [5.41, 5.74) is 0. The van der Waals surface area contributed by atoms with Gasteiger partial charge in [0.05, 0.1) is 6.61 Å². The van der Waals surface area contributed by atoms with E-state index in [4.69, 9.17) is 4.74 Å². The van der Waals surface area contributed by atoms with E-state index in [2.05, 4.69) is 5.32 Å². The Bertz CT molecular complexity index is 552. The molecule has 25 heavy (non-hydrogen) atoms. The van der Waals surface area contributed by atoms with Crippen LogP contribution in [0.5, 0.6) is 0 Å². The number of nitrogens with one attached hydrogen (secondary N) is 1. The SMILES string of the molecule is CCOC(=O)N[C@@H](C)C(=O)N1CCC[C@H]1C(=O)N1CCC[C@H]1C(=O)O. The number of alkyl carbamates (subject to hydrolysis) is 1. The fraction of sp³-hybridized carbons (Fsp3) is 0.750. The van der Waals surface area contributed by atoms with Crippen molar-refractivity contribution in [2.45, 2.75) is 57.7 Å². The first-order chi connectivity index (χ1) is 11.9. The zero-order valence-electron chi connectivity index (χ0n) is 14.6. The molecule has 0 radical (unpaired) electrons. The van der Waals surface area contributed by atoms with Gasteiger partial charge in [-0.15, -0.1) is 0 Å². The molecule has 2 heterocycles. The Morgan fingerprint density at radius 3 is 2.32 bits per heavy atom. The van der Waals surface area contributed by atoms with Crippen molar-refractivity contribution in [3.05, 3.63) is 0 Å². The monoisotopic (exact) mass is 355 g/mol. The summed E-state index contributed by atoms with van der Waals surface area (Å²) in [6.45, 7) is 4.20. The Kier molecular flexibility index (Phi) is 6.22. The van der Waals surface area contributed by atoms with Crippen LogP contribution in [-0.2, 0) is 19.1 Å². The van der Waals surface area contributed by atoms with Gasteiger partial charge in [0, 0.05) is 13.1 Å². The second kappa shape index (κ2) is 8.17. The molecule has 2 aliphatic rings. The lowest BCUT2D eigenvalue weighted by Gasteiger charge is -2.31. The fourth-order valence-electron chi connectivity index (χ4n) is 3.43. The number of hydrogen-bond donors (Lipinski definition) is 2. The number of nitrogens with zero attached hydrogens (tertiary/aromatic N) is 2. The molecule has 140 valence electrons. The van der Waals surface area contributed by atoms with Crippen molar-refractivity contribution in [2.75, 3.05) is 19.7 Å². The van der Waals surface area contributed by atoms with E-state index in [-0.39, 0.29) is 18.4 Å². The highest BCUT2D eigenvalue weighted by Gasteiger charge is 2.42. The van der Waals surface area contributed by atoms with Crippen LogP contribution >= 0.6 is 0 Å². The lowest BCUT2D eigenvalue weighted by atomic mass is 10.1. The van der Waals surface area contributed by atoms with E-state index in [1.807, 2.05) is 0 Å². The number of ether oxygens (including phenoxy) is 1. The van der Waals surface area contributed by atoms with Gasteiger partial charge in [0.15, 0.2) is 0 Å². The largest absolute Gasteiger partial charge is 0.480 e. The molecule has 0 aromatic carbocycles. The lowest BCUT2D eigenvalue weighted by molar-refractivity contribution is -0.152. The molecule has 0 aliphatic carbocycles. The molecule has 0 aromatic rings. The fourth-order valence-corrected chi connectivity index (χ4v) is 3.43. The molecule has 0 spiro atoms. The maximum absolute atomic E-state index is 12.8. The van der Waals surface area contributed by atoms with Gasteiger partial charge in [-0.3, -0.25) is 9.59 Å². The minimum atomic E-state index is -1.01. The van der Waals surface area contributed by atoms with Gasteiger partial charge in [-0.1, -0.05) is 0 Å². The van der Waals surface area contributed by atoms with Crippen LogP contribution in [0.4, 0.5) is 4.79 Å². The zero-order chi connectivity index (χ0) is 18.6. The number of carboxylic acid groups (broad SMARTS) is 1. The number of rotatable bonds is 5. The molecule has 9 nitrogen and oxygen atoms in total. The summed E-state index contributed by atoms with van der Waals surface area (Å²) >= 11 is 0. The molecular weight excluding hydrogens is 330 g/mol. The van der Waals surface area contributed by atoms with Gasteiger partial charge >= 0.3 is 12.1 Å². The predicted octanol–water partition coefficient (Wildman–Crippen LogP) is 0.188. The van der Waals surface area contributed by atoms with Crippen molar-refractivity contribution in [1.82, 2.24) is 15.1 Å². The van der Waals surface area contributed by atoms with Gasteiger partial charge in [0.1, 0.15) is 18.1 Å². The van der Waals surface area contributed by atoms with E-state index < -0.39 is 30.2 Å². The first kappa shape index (κ1) is 19.0. The van der Waals surface area contributed by atoms with Gasteiger partial charge in [-0.2, -0.15) is 0 Å². The van der Waals surface area contributed by atoms with Crippen LogP contribution in [0.2, 0.25) is 0 Å². The normalized spacial score (nSPS) is 24.1. The molecule has 2 rings (SSSR count). The second-order valence-corrected chi connectivity index (χ2v) is 6.30.